The van der Waals surface area contributed by atoms with Crippen molar-refractivity contribution in [1.29, 1.82) is 0 Å². The number of carbonyl (C=O) groups excluding carboxylic acids is 1. The Morgan fingerprint density at radius 1 is 1.20 bits per heavy atom. The number of ketones is 1. The van der Waals surface area contributed by atoms with E-state index in [-0.39, 0.29) is 23.7 Å². The lowest BCUT2D eigenvalue weighted by Crippen LogP contribution is -2.21. The van der Waals surface area contributed by atoms with Crippen LogP contribution in [0.15, 0.2) is 24.3 Å². The molecule has 112 valence electrons. The highest BCUT2D eigenvalue weighted by Gasteiger charge is 2.35. The van der Waals surface area contributed by atoms with Crippen LogP contribution in [0.25, 0.3) is 0 Å². The summed E-state index contributed by atoms with van der Waals surface area (Å²) in [5.74, 6) is 0.750. The van der Waals surface area contributed by atoms with E-state index in [1.54, 1.807) is 6.08 Å². The standard InChI is InChI=1S/C17H26O3/c1-12-5-3-2-4-6-13-10-15(19)11-16(13)17(20)8-7-14(18)9-12/h4,6-8,12-13,15-17,19-20H,2-3,5,9-11H2,1H3/b6-4+,8-7+/t12-,13+,15-,16+,17+/m0/s1. The molecule has 0 bridgehead atoms. The normalized spacial score (nSPS) is 43.0. The second-order valence-corrected chi connectivity index (χ2v) is 6.44. The van der Waals surface area contributed by atoms with Gasteiger partial charge in [0.1, 0.15) is 0 Å². The first-order chi connectivity index (χ1) is 9.56. The minimum atomic E-state index is -0.637. The van der Waals surface area contributed by atoms with Gasteiger partial charge in [0.25, 0.3) is 0 Å². The summed E-state index contributed by atoms with van der Waals surface area (Å²) in [5.41, 5.74) is 0. The van der Waals surface area contributed by atoms with E-state index in [1.807, 2.05) is 0 Å². The van der Waals surface area contributed by atoms with Crippen molar-refractivity contribution >= 4 is 5.78 Å². The average Bonchev–Trinajstić information content (AvgIpc) is 2.76. The molecule has 3 nitrogen and oxygen atoms in total. The number of fused-ring (bicyclic) bond motifs is 1. The average molecular weight is 278 g/mol. The molecule has 2 rings (SSSR count). The van der Waals surface area contributed by atoms with E-state index in [1.165, 1.54) is 6.08 Å². The van der Waals surface area contributed by atoms with Crippen molar-refractivity contribution in [3.05, 3.63) is 24.3 Å². The van der Waals surface area contributed by atoms with Crippen molar-refractivity contribution in [2.75, 3.05) is 0 Å². The van der Waals surface area contributed by atoms with E-state index in [2.05, 4.69) is 19.1 Å². The van der Waals surface area contributed by atoms with Crippen molar-refractivity contribution in [3.63, 3.8) is 0 Å². The van der Waals surface area contributed by atoms with E-state index < -0.39 is 6.10 Å². The second kappa shape index (κ2) is 7.19. The maximum absolute atomic E-state index is 11.8. The van der Waals surface area contributed by atoms with Gasteiger partial charge in [-0.15, -0.1) is 0 Å². The van der Waals surface area contributed by atoms with Gasteiger partial charge in [0.15, 0.2) is 5.78 Å². The molecule has 0 radical (unpaired) electrons. The first-order valence-corrected chi connectivity index (χ1v) is 7.80. The van der Waals surface area contributed by atoms with Crippen molar-refractivity contribution in [2.24, 2.45) is 17.8 Å². The van der Waals surface area contributed by atoms with Crippen molar-refractivity contribution < 1.29 is 15.0 Å². The predicted octanol–water partition coefficient (Wildman–Crippen LogP) is 2.63. The van der Waals surface area contributed by atoms with Gasteiger partial charge < -0.3 is 10.2 Å². The van der Waals surface area contributed by atoms with Crippen LogP contribution in [0.1, 0.15) is 45.4 Å². The van der Waals surface area contributed by atoms with Crippen LogP contribution < -0.4 is 0 Å². The minimum Gasteiger partial charge on any atom is -0.393 e. The molecule has 5 atom stereocenters. The number of carbonyl (C=O) groups is 1. The molecule has 0 aromatic carbocycles. The van der Waals surface area contributed by atoms with Crippen LogP contribution in [0.5, 0.6) is 0 Å². The summed E-state index contributed by atoms with van der Waals surface area (Å²) >= 11 is 0. The van der Waals surface area contributed by atoms with Crippen LogP contribution in [0.3, 0.4) is 0 Å². The molecule has 2 N–H and O–H groups in total. The fourth-order valence-corrected chi connectivity index (χ4v) is 3.41. The summed E-state index contributed by atoms with van der Waals surface area (Å²) in [5, 5.41) is 20.1. The Balaban J connectivity index is 2.11. The number of rotatable bonds is 0. The number of allylic oxidation sites excluding steroid dienone is 3. The smallest absolute Gasteiger partial charge is 0.155 e. The molecule has 0 aliphatic heterocycles. The lowest BCUT2D eigenvalue weighted by molar-refractivity contribution is -0.115. The Kier molecular flexibility index (Phi) is 5.55. The highest BCUT2D eigenvalue weighted by Crippen LogP contribution is 2.36. The van der Waals surface area contributed by atoms with Crippen LogP contribution >= 0.6 is 0 Å². The summed E-state index contributed by atoms with van der Waals surface area (Å²) in [4.78, 5) is 11.8. The van der Waals surface area contributed by atoms with Crippen molar-refractivity contribution in [3.8, 4) is 0 Å². The van der Waals surface area contributed by atoms with Crippen LogP contribution in [0, 0.1) is 17.8 Å². The lowest BCUT2D eigenvalue weighted by Gasteiger charge is -2.19. The van der Waals surface area contributed by atoms with Crippen molar-refractivity contribution in [1.82, 2.24) is 0 Å². The van der Waals surface area contributed by atoms with Crippen LogP contribution in [-0.2, 0) is 4.79 Å². The Bertz CT molecular complexity index is 386. The summed E-state index contributed by atoms with van der Waals surface area (Å²) in [6, 6.07) is 0. The molecular formula is C17H26O3. The van der Waals surface area contributed by atoms with Gasteiger partial charge in [0.05, 0.1) is 12.2 Å². The Morgan fingerprint density at radius 3 is 2.80 bits per heavy atom. The van der Waals surface area contributed by atoms with Gasteiger partial charge in [-0.3, -0.25) is 4.79 Å². The fraction of sp³-hybridized carbons (Fsp3) is 0.706. The molecule has 0 unspecified atom stereocenters. The van der Waals surface area contributed by atoms with Crippen LogP contribution in [0.2, 0.25) is 0 Å². The molecule has 0 aromatic heterocycles. The topological polar surface area (TPSA) is 57.5 Å². The Morgan fingerprint density at radius 2 is 2.00 bits per heavy atom. The van der Waals surface area contributed by atoms with Gasteiger partial charge in [-0.25, -0.2) is 0 Å². The van der Waals surface area contributed by atoms with Gasteiger partial charge >= 0.3 is 0 Å². The molecule has 1 saturated carbocycles. The van der Waals surface area contributed by atoms with Gasteiger partial charge in [-0.2, -0.15) is 0 Å². The fourth-order valence-electron chi connectivity index (χ4n) is 3.41. The minimum absolute atomic E-state index is 0.0310. The summed E-state index contributed by atoms with van der Waals surface area (Å²) in [7, 11) is 0. The van der Waals surface area contributed by atoms with E-state index in [4.69, 9.17) is 0 Å². The SMILES string of the molecule is C[C@H]1CCC/C=C/[C@@H]2C[C@H](O)C[C@H]2[C@H](O)/C=C/C(=O)C1. The maximum Gasteiger partial charge on any atom is 0.155 e. The van der Waals surface area contributed by atoms with E-state index >= 15 is 0 Å². The first kappa shape index (κ1) is 15.5. The largest absolute Gasteiger partial charge is 0.393 e. The van der Waals surface area contributed by atoms with Gasteiger partial charge in [0, 0.05) is 6.42 Å². The van der Waals surface area contributed by atoms with Gasteiger partial charge in [-0.05, 0) is 55.9 Å². The van der Waals surface area contributed by atoms with Gasteiger partial charge in [-0.1, -0.05) is 25.2 Å². The van der Waals surface area contributed by atoms with E-state index in [0.29, 0.717) is 18.8 Å². The number of aliphatic hydroxyl groups is 2. The van der Waals surface area contributed by atoms with Crippen LogP contribution in [0.4, 0.5) is 0 Å². The quantitative estimate of drug-likeness (QED) is 0.670. The first-order valence-electron chi connectivity index (χ1n) is 7.80. The highest BCUT2D eigenvalue weighted by atomic mass is 16.3. The number of hydrogen-bond donors (Lipinski definition) is 2. The molecule has 0 spiro atoms. The second-order valence-electron chi connectivity index (χ2n) is 6.44. The summed E-state index contributed by atoms with van der Waals surface area (Å²) in [6.07, 6.45) is 11.6. The zero-order valence-corrected chi connectivity index (χ0v) is 12.2. The van der Waals surface area contributed by atoms with Gasteiger partial charge in [0.2, 0.25) is 0 Å². The lowest BCUT2D eigenvalue weighted by atomic mass is 9.89. The third-order valence-electron chi connectivity index (χ3n) is 4.56. The monoisotopic (exact) mass is 278 g/mol. The maximum atomic E-state index is 11.8. The zero-order chi connectivity index (χ0) is 14.5. The Hall–Kier alpha value is -0.930. The van der Waals surface area contributed by atoms with Crippen LogP contribution in [-0.4, -0.2) is 28.2 Å². The number of aliphatic hydroxyl groups excluding tert-OH is 2. The molecule has 2 aliphatic carbocycles. The summed E-state index contributed by atoms with van der Waals surface area (Å²) < 4.78 is 0. The summed E-state index contributed by atoms with van der Waals surface area (Å²) in [6.45, 7) is 2.11. The Labute approximate surface area is 121 Å². The third kappa shape index (κ3) is 4.29. The third-order valence-corrected chi connectivity index (χ3v) is 4.56. The number of hydrogen-bond acceptors (Lipinski definition) is 3. The zero-order valence-electron chi connectivity index (χ0n) is 12.2. The predicted molar refractivity (Wildman–Crippen MR) is 79.1 cm³/mol. The van der Waals surface area contributed by atoms with Crippen molar-refractivity contribution in [2.45, 2.75) is 57.7 Å². The molecule has 2 aliphatic rings. The molecule has 0 amide bonds. The molecule has 3 heteroatoms. The molecule has 0 saturated heterocycles. The van der Waals surface area contributed by atoms with E-state index in [0.717, 1.165) is 25.7 Å². The molecule has 1 fully saturated rings. The molecule has 0 aromatic rings. The highest BCUT2D eigenvalue weighted by molar-refractivity contribution is 5.89. The molecule has 20 heavy (non-hydrogen) atoms. The van der Waals surface area contributed by atoms with E-state index in [9.17, 15) is 15.0 Å². The molecular weight excluding hydrogens is 252 g/mol. The molecule has 0 heterocycles.